The van der Waals surface area contributed by atoms with Gasteiger partial charge in [0.25, 0.3) is 5.91 Å². The van der Waals surface area contributed by atoms with Crippen molar-refractivity contribution in [2.45, 2.75) is 63.0 Å². The number of fused-ring (bicyclic) bond motifs is 1. The van der Waals surface area contributed by atoms with E-state index in [1.165, 1.54) is 30.6 Å². The summed E-state index contributed by atoms with van der Waals surface area (Å²) in [5, 5.41) is 0. The summed E-state index contributed by atoms with van der Waals surface area (Å²) in [5.74, 6) is -0.633. The lowest BCUT2D eigenvalue weighted by atomic mass is 9.81. The standard InChI is InChI=1S/C16H24N2O4/c17-15(21)16-12(19)10-22-13(16)6-3-9-18(16)14(20)8-7-11-4-1-2-5-11/h11,13H,1-10H2,(H2,17,21). The molecule has 3 aliphatic rings. The Balaban J connectivity index is 1.76. The molecule has 2 heterocycles. The Bertz CT molecular complexity index is 487. The number of hydrogen-bond donors (Lipinski definition) is 1. The number of hydrogen-bond acceptors (Lipinski definition) is 4. The number of carbonyl (C=O) groups is 3. The Labute approximate surface area is 130 Å². The van der Waals surface area contributed by atoms with Gasteiger partial charge >= 0.3 is 0 Å². The molecule has 0 spiro atoms. The van der Waals surface area contributed by atoms with Gasteiger partial charge in [-0.15, -0.1) is 0 Å². The van der Waals surface area contributed by atoms with Crippen molar-refractivity contribution in [2.24, 2.45) is 11.7 Å². The summed E-state index contributed by atoms with van der Waals surface area (Å²) in [6.07, 6.45) is 6.83. The van der Waals surface area contributed by atoms with Crippen molar-refractivity contribution in [1.82, 2.24) is 4.90 Å². The second-order valence-electron chi connectivity index (χ2n) is 6.73. The minimum absolute atomic E-state index is 0.125. The largest absolute Gasteiger partial charge is 0.367 e. The molecule has 2 atom stereocenters. The van der Waals surface area contributed by atoms with Gasteiger partial charge in [-0.2, -0.15) is 0 Å². The van der Waals surface area contributed by atoms with E-state index >= 15 is 0 Å². The molecule has 0 bridgehead atoms. The minimum Gasteiger partial charge on any atom is -0.367 e. The zero-order chi connectivity index (χ0) is 15.7. The molecular formula is C16H24N2O4. The number of Topliss-reactive ketones (excluding diaryl/α,β-unsaturated/α-hetero) is 1. The van der Waals surface area contributed by atoms with Gasteiger partial charge in [0.1, 0.15) is 6.61 Å². The second-order valence-corrected chi connectivity index (χ2v) is 6.73. The number of piperidine rings is 1. The van der Waals surface area contributed by atoms with Crippen LogP contribution in [0.1, 0.15) is 51.4 Å². The SMILES string of the molecule is NC(=O)C12C(=O)COC1CCCN2C(=O)CCC1CCCC1. The highest BCUT2D eigenvalue weighted by atomic mass is 16.5. The van der Waals surface area contributed by atoms with Crippen molar-refractivity contribution in [2.75, 3.05) is 13.2 Å². The molecule has 2 amide bonds. The van der Waals surface area contributed by atoms with E-state index in [0.717, 1.165) is 12.8 Å². The topological polar surface area (TPSA) is 89.7 Å². The summed E-state index contributed by atoms with van der Waals surface area (Å²) in [4.78, 5) is 38.5. The van der Waals surface area contributed by atoms with Crippen molar-refractivity contribution in [3.05, 3.63) is 0 Å². The molecule has 6 heteroatoms. The number of carbonyl (C=O) groups excluding carboxylic acids is 3. The summed E-state index contributed by atoms with van der Waals surface area (Å²) < 4.78 is 5.45. The van der Waals surface area contributed by atoms with Crippen LogP contribution in [0.3, 0.4) is 0 Å². The van der Waals surface area contributed by atoms with Crippen LogP contribution >= 0.6 is 0 Å². The van der Waals surface area contributed by atoms with E-state index in [-0.39, 0.29) is 18.3 Å². The van der Waals surface area contributed by atoms with Crippen LogP contribution < -0.4 is 5.73 Å². The number of likely N-dealkylation sites (tertiary alicyclic amines) is 1. The van der Waals surface area contributed by atoms with E-state index in [4.69, 9.17) is 10.5 Å². The van der Waals surface area contributed by atoms with Crippen molar-refractivity contribution < 1.29 is 19.1 Å². The van der Waals surface area contributed by atoms with Crippen LogP contribution in [0.25, 0.3) is 0 Å². The van der Waals surface area contributed by atoms with Gasteiger partial charge in [-0.25, -0.2) is 0 Å². The van der Waals surface area contributed by atoms with Crippen molar-refractivity contribution in [1.29, 1.82) is 0 Å². The van der Waals surface area contributed by atoms with Gasteiger partial charge < -0.3 is 15.4 Å². The number of ketones is 1. The van der Waals surface area contributed by atoms with E-state index in [9.17, 15) is 14.4 Å². The number of nitrogens with zero attached hydrogens (tertiary/aromatic N) is 1. The highest BCUT2D eigenvalue weighted by molar-refractivity contribution is 6.14. The smallest absolute Gasteiger partial charge is 0.254 e. The summed E-state index contributed by atoms with van der Waals surface area (Å²) in [6, 6.07) is 0. The van der Waals surface area contributed by atoms with Crippen LogP contribution in [0.15, 0.2) is 0 Å². The molecule has 2 unspecified atom stereocenters. The fourth-order valence-electron chi connectivity index (χ4n) is 4.33. The Morgan fingerprint density at radius 3 is 2.64 bits per heavy atom. The van der Waals surface area contributed by atoms with Crippen LogP contribution in [0, 0.1) is 5.92 Å². The second kappa shape index (κ2) is 5.99. The van der Waals surface area contributed by atoms with Crippen LogP contribution in [0.4, 0.5) is 0 Å². The lowest BCUT2D eigenvalue weighted by Crippen LogP contribution is -2.69. The van der Waals surface area contributed by atoms with Crippen LogP contribution in [-0.2, 0) is 19.1 Å². The number of rotatable bonds is 4. The Morgan fingerprint density at radius 1 is 1.23 bits per heavy atom. The third-order valence-electron chi connectivity index (χ3n) is 5.50. The van der Waals surface area contributed by atoms with Crippen LogP contribution in [0.2, 0.25) is 0 Å². The third kappa shape index (κ3) is 2.33. The van der Waals surface area contributed by atoms with Gasteiger partial charge in [0, 0.05) is 13.0 Å². The molecule has 3 fully saturated rings. The molecule has 6 nitrogen and oxygen atoms in total. The van der Waals surface area contributed by atoms with E-state index in [1.807, 2.05) is 0 Å². The van der Waals surface area contributed by atoms with Gasteiger partial charge in [-0.05, 0) is 25.2 Å². The summed E-state index contributed by atoms with van der Waals surface area (Å²) in [7, 11) is 0. The maximum Gasteiger partial charge on any atom is 0.254 e. The molecule has 22 heavy (non-hydrogen) atoms. The Hall–Kier alpha value is -1.43. The molecule has 0 aromatic heterocycles. The minimum atomic E-state index is -1.55. The van der Waals surface area contributed by atoms with Gasteiger partial charge in [-0.3, -0.25) is 14.4 Å². The summed E-state index contributed by atoms with van der Waals surface area (Å²) in [5.41, 5.74) is 4.00. The van der Waals surface area contributed by atoms with Gasteiger partial charge in [-0.1, -0.05) is 25.7 Å². The lowest BCUT2D eigenvalue weighted by Gasteiger charge is -2.44. The molecule has 1 saturated carbocycles. The van der Waals surface area contributed by atoms with E-state index in [0.29, 0.717) is 25.3 Å². The molecule has 0 radical (unpaired) electrons. The van der Waals surface area contributed by atoms with Crippen molar-refractivity contribution >= 4 is 17.6 Å². The van der Waals surface area contributed by atoms with Crippen molar-refractivity contribution in [3.8, 4) is 0 Å². The normalized spacial score (nSPS) is 32.3. The Morgan fingerprint density at radius 2 is 1.95 bits per heavy atom. The number of ether oxygens (including phenoxy) is 1. The van der Waals surface area contributed by atoms with Crippen LogP contribution in [0.5, 0.6) is 0 Å². The average molecular weight is 308 g/mol. The fourth-order valence-corrected chi connectivity index (χ4v) is 4.33. The highest BCUT2D eigenvalue weighted by Crippen LogP contribution is 2.37. The summed E-state index contributed by atoms with van der Waals surface area (Å²) in [6.45, 7) is 0.290. The first-order chi connectivity index (χ1) is 10.6. The number of amides is 2. The first kappa shape index (κ1) is 15.5. The van der Waals surface area contributed by atoms with Gasteiger partial charge in [0.05, 0.1) is 6.10 Å². The van der Waals surface area contributed by atoms with Crippen molar-refractivity contribution in [3.63, 3.8) is 0 Å². The number of primary amides is 1. The van der Waals surface area contributed by atoms with Crippen LogP contribution in [-0.4, -0.2) is 47.3 Å². The molecule has 0 aromatic carbocycles. The zero-order valence-corrected chi connectivity index (χ0v) is 12.9. The number of nitrogens with two attached hydrogens (primary N) is 1. The molecule has 2 saturated heterocycles. The van der Waals surface area contributed by atoms with E-state index < -0.39 is 17.6 Å². The first-order valence-corrected chi connectivity index (χ1v) is 8.32. The molecule has 1 aliphatic carbocycles. The maximum absolute atomic E-state index is 12.7. The predicted molar refractivity (Wildman–Crippen MR) is 78.8 cm³/mol. The first-order valence-electron chi connectivity index (χ1n) is 8.32. The van der Waals surface area contributed by atoms with E-state index in [2.05, 4.69) is 0 Å². The fraction of sp³-hybridized carbons (Fsp3) is 0.812. The third-order valence-corrected chi connectivity index (χ3v) is 5.50. The highest BCUT2D eigenvalue weighted by Gasteiger charge is 2.62. The monoisotopic (exact) mass is 308 g/mol. The molecule has 122 valence electrons. The van der Waals surface area contributed by atoms with Gasteiger partial charge in [0.2, 0.25) is 11.4 Å². The zero-order valence-electron chi connectivity index (χ0n) is 12.9. The predicted octanol–water partition coefficient (Wildman–Crippen LogP) is 0.771. The lowest BCUT2D eigenvalue weighted by molar-refractivity contribution is -0.158. The Kier molecular flexibility index (Phi) is 4.21. The molecule has 2 N–H and O–H groups in total. The average Bonchev–Trinajstić information content (AvgIpc) is 3.13. The molecule has 0 aromatic rings. The molecule has 3 rings (SSSR count). The summed E-state index contributed by atoms with van der Waals surface area (Å²) >= 11 is 0. The van der Waals surface area contributed by atoms with Gasteiger partial charge in [0.15, 0.2) is 5.78 Å². The maximum atomic E-state index is 12.7. The molecular weight excluding hydrogens is 284 g/mol. The molecule has 2 aliphatic heterocycles. The van der Waals surface area contributed by atoms with E-state index in [1.54, 1.807) is 0 Å². The quantitative estimate of drug-likeness (QED) is 0.777.